The second-order valence-electron chi connectivity index (χ2n) is 3.46. The molecule has 0 aliphatic rings. The highest BCUT2D eigenvalue weighted by molar-refractivity contribution is 7.10. The number of carbonyl (C=O) groups is 2. The van der Waals surface area contributed by atoms with Gasteiger partial charge in [0, 0.05) is 17.8 Å². The van der Waals surface area contributed by atoms with Crippen LogP contribution in [0.5, 0.6) is 0 Å². The lowest BCUT2D eigenvalue weighted by atomic mass is 10.2. The minimum atomic E-state index is -0.787. The molecule has 0 bridgehead atoms. The maximum Gasteiger partial charge on any atom is 0.303 e. The third kappa shape index (κ3) is 5.50. The monoisotopic (exact) mass is 241 g/mol. The van der Waals surface area contributed by atoms with E-state index < -0.39 is 5.97 Å². The molecule has 0 fully saturated rings. The third-order valence-electron chi connectivity index (χ3n) is 2.05. The van der Waals surface area contributed by atoms with Gasteiger partial charge in [0.2, 0.25) is 5.91 Å². The smallest absolute Gasteiger partial charge is 0.303 e. The number of carbonyl (C=O) groups excluding carboxylic acids is 1. The Morgan fingerprint density at radius 2 is 2.19 bits per heavy atom. The minimum Gasteiger partial charge on any atom is -0.481 e. The predicted molar refractivity (Wildman–Crippen MR) is 62.5 cm³/mol. The Balaban J connectivity index is 2.05. The van der Waals surface area contributed by atoms with Crippen LogP contribution in [0.4, 0.5) is 0 Å². The zero-order chi connectivity index (χ0) is 11.8. The number of amides is 1. The summed E-state index contributed by atoms with van der Waals surface area (Å²) in [5.74, 6) is -0.789. The SMILES string of the molecule is O=C(O)CCCCNC(=O)Cc1cccs1. The van der Waals surface area contributed by atoms with E-state index in [0.29, 0.717) is 25.8 Å². The molecular weight excluding hydrogens is 226 g/mol. The summed E-state index contributed by atoms with van der Waals surface area (Å²) in [6, 6.07) is 3.84. The summed E-state index contributed by atoms with van der Waals surface area (Å²) < 4.78 is 0. The Hall–Kier alpha value is -1.36. The molecular formula is C11H15NO3S. The van der Waals surface area contributed by atoms with Gasteiger partial charge in [-0.05, 0) is 24.3 Å². The Labute approximate surface area is 98.3 Å². The van der Waals surface area contributed by atoms with Gasteiger partial charge >= 0.3 is 5.97 Å². The van der Waals surface area contributed by atoms with Crippen LogP contribution in [0.3, 0.4) is 0 Å². The fraction of sp³-hybridized carbons (Fsp3) is 0.455. The van der Waals surface area contributed by atoms with E-state index in [-0.39, 0.29) is 12.3 Å². The average molecular weight is 241 g/mol. The highest BCUT2D eigenvalue weighted by Crippen LogP contribution is 2.08. The fourth-order valence-electron chi connectivity index (χ4n) is 1.26. The van der Waals surface area contributed by atoms with Gasteiger partial charge < -0.3 is 10.4 Å². The fourth-order valence-corrected chi connectivity index (χ4v) is 1.97. The highest BCUT2D eigenvalue weighted by Gasteiger charge is 2.03. The number of hydrogen-bond acceptors (Lipinski definition) is 3. The highest BCUT2D eigenvalue weighted by atomic mass is 32.1. The summed E-state index contributed by atoms with van der Waals surface area (Å²) in [7, 11) is 0. The number of aliphatic carboxylic acids is 1. The van der Waals surface area contributed by atoms with Gasteiger partial charge in [-0.3, -0.25) is 9.59 Å². The Morgan fingerprint density at radius 1 is 1.38 bits per heavy atom. The number of rotatable bonds is 7. The molecule has 1 aromatic rings. The first-order valence-electron chi connectivity index (χ1n) is 5.19. The van der Waals surface area contributed by atoms with Crippen LogP contribution in [0.1, 0.15) is 24.1 Å². The van der Waals surface area contributed by atoms with Crippen molar-refractivity contribution in [1.29, 1.82) is 0 Å². The third-order valence-corrected chi connectivity index (χ3v) is 2.93. The molecule has 0 atom stereocenters. The van der Waals surface area contributed by atoms with Gasteiger partial charge in [0.1, 0.15) is 0 Å². The normalized spacial score (nSPS) is 10.0. The van der Waals surface area contributed by atoms with Crippen molar-refractivity contribution in [3.8, 4) is 0 Å². The molecule has 0 spiro atoms. The van der Waals surface area contributed by atoms with E-state index in [4.69, 9.17) is 5.11 Å². The van der Waals surface area contributed by atoms with Gasteiger partial charge in [0.15, 0.2) is 0 Å². The molecule has 1 aromatic heterocycles. The van der Waals surface area contributed by atoms with E-state index in [2.05, 4.69) is 5.32 Å². The number of thiophene rings is 1. The standard InChI is InChI=1S/C11H15NO3S/c13-10(8-9-4-3-7-16-9)12-6-2-1-5-11(14)15/h3-4,7H,1-2,5-6,8H2,(H,12,13)(H,14,15). The van der Waals surface area contributed by atoms with Crippen LogP contribution < -0.4 is 5.32 Å². The molecule has 1 heterocycles. The lowest BCUT2D eigenvalue weighted by Crippen LogP contribution is -2.25. The van der Waals surface area contributed by atoms with Gasteiger partial charge in [0.25, 0.3) is 0 Å². The first kappa shape index (κ1) is 12.7. The van der Waals surface area contributed by atoms with Crippen molar-refractivity contribution >= 4 is 23.2 Å². The quantitative estimate of drug-likeness (QED) is 0.713. The molecule has 1 rings (SSSR count). The van der Waals surface area contributed by atoms with Crippen LogP contribution in [-0.4, -0.2) is 23.5 Å². The molecule has 16 heavy (non-hydrogen) atoms. The van der Waals surface area contributed by atoms with Crippen molar-refractivity contribution in [3.63, 3.8) is 0 Å². The van der Waals surface area contributed by atoms with E-state index >= 15 is 0 Å². The van der Waals surface area contributed by atoms with Crippen molar-refractivity contribution in [2.75, 3.05) is 6.54 Å². The largest absolute Gasteiger partial charge is 0.481 e. The van der Waals surface area contributed by atoms with Crippen LogP contribution >= 0.6 is 11.3 Å². The zero-order valence-corrected chi connectivity index (χ0v) is 9.76. The number of hydrogen-bond donors (Lipinski definition) is 2. The molecule has 0 radical (unpaired) electrons. The topological polar surface area (TPSA) is 66.4 Å². The second kappa shape index (κ2) is 7.00. The lowest BCUT2D eigenvalue weighted by Gasteiger charge is -2.03. The maximum absolute atomic E-state index is 11.4. The van der Waals surface area contributed by atoms with E-state index in [1.807, 2.05) is 17.5 Å². The van der Waals surface area contributed by atoms with E-state index in [9.17, 15) is 9.59 Å². The Morgan fingerprint density at radius 3 is 2.81 bits per heavy atom. The molecule has 0 saturated carbocycles. The average Bonchev–Trinajstić information content (AvgIpc) is 2.69. The van der Waals surface area contributed by atoms with Crippen molar-refractivity contribution in [2.45, 2.75) is 25.7 Å². The molecule has 2 N–H and O–H groups in total. The summed E-state index contributed by atoms with van der Waals surface area (Å²) in [5, 5.41) is 13.1. The zero-order valence-electron chi connectivity index (χ0n) is 8.94. The molecule has 5 heteroatoms. The van der Waals surface area contributed by atoms with Gasteiger partial charge in [-0.1, -0.05) is 6.07 Å². The van der Waals surface area contributed by atoms with Gasteiger partial charge in [0.05, 0.1) is 6.42 Å². The van der Waals surface area contributed by atoms with Crippen molar-refractivity contribution in [3.05, 3.63) is 22.4 Å². The summed E-state index contributed by atoms with van der Waals surface area (Å²) in [4.78, 5) is 22.7. The summed E-state index contributed by atoms with van der Waals surface area (Å²) in [5.41, 5.74) is 0. The Bertz CT molecular complexity index is 335. The molecule has 0 aliphatic carbocycles. The summed E-state index contributed by atoms with van der Waals surface area (Å²) in [6.45, 7) is 0.553. The van der Waals surface area contributed by atoms with Crippen molar-refractivity contribution < 1.29 is 14.7 Å². The Kier molecular flexibility index (Phi) is 5.56. The summed E-state index contributed by atoms with van der Waals surface area (Å²) >= 11 is 1.56. The molecule has 88 valence electrons. The number of nitrogens with one attached hydrogen (secondary N) is 1. The van der Waals surface area contributed by atoms with Crippen molar-refractivity contribution in [1.82, 2.24) is 5.32 Å². The van der Waals surface area contributed by atoms with Crippen LogP contribution in [0.15, 0.2) is 17.5 Å². The predicted octanol–water partition coefficient (Wildman–Crippen LogP) is 1.66. The first-order chi connectivity index (χ1) is 7.68. The van der Waals surface area contributed by atoms with Gasteiger partial charge in [-0.15, -0.1) is 11.3 Å². The van der Waals surface area contributed by atoms with Gasteiger partial charge in [-0.2, -0.15) is 0 Å². The molecule has 0 saturated heterocycles. The molecule has 0 aliphatic heterocycles. The van der Waals surface area contributed by atoms with E-state index in [1.165, 1.54) is 0 Å². The van der Waals surface area contributed by atoms with Gasteiger partial charge in [-0.25, -0.2) is 0 Å². The molecule has 1 amide bonds. The van der Waals surface area contributed by atoms with Crippen LogP contribution in [0.2, 0.25) is 0 Å². The number of carboxylic acid groups (broad SMARTS) is 1. The maximum atomic E-state index is 11.4. The van der Waals surface area contributed by atoms with Crippen LogP contribution in [0.25, 0.3) is 0 Å². The second-order valence-corrected chi connectivity index (χ2v) is 4.49. The van der Waals surface area contributed by atoms with E-state index in [1.54, 1.807) is 11.3 Å². The number of unbranched alkanes of at least 4 members (excludes halogenated alkanes) is 1. The van der Waals surface area contributed by atoms with E-state index in [0.717, 1.165) is 4.88 Å². The van der Waals surface area contributed by atoms with Crippen LogP contribution in [-0.2, 0) is 16.0 Å². The molecule has 4 nitrogen and oxygen atoms in total. The van der Waals surface area contributed by atoms with Crippen LogP contribution in [0, 0.1) is 0 Å². The lowest BCUT2D eigenvalue weighted by molar-refractivity contribution is -0.137. The number of carboxylic acids is 1. The first-order valence-corrected chi connectivity index (χ1v) is 6.07. The minimum absolute atomic E-state index is 0.00206. The molecule has 0 aromatic carbocycles. The summed E-state index contributed by atoms with van der Waals surface area (Å²) in [6.07, 6.45) is 1.90. The van der Waals surface area contributed by atoms with Crippen molar-refractivity contribution in [2.24, 2.45) is 0 Å². The molecule has 0 unspecified atom stereocenters.